The van der Waals surface area contributed by atoms with Crippen molar-refractivity contribution >= 4 is 34.7 Å². The van der Waals surface area contributed by atoms with Crippen LogP contribution in [0.25, 0.3) is 0 Å². The van der Waals surface area contributed by atoms with E-state index in [0.717, 1.165) is 26.6 Å². The second kappa shape index (κ2) is 6.28. The Labute approximate surface area is 114 Å². The van der Waals surface area contributed by atoms with Gasteiger partial charge in [-0.05, 0) is 31.2 Å². The van der Waals surface area contributed by atoms with E-state index in [1.54, 1.807) is 23.1 Å². The van der Waals surface area contributed by atoms with Crippen LogP contribution in [0.2, 0.25) is 5.02 Å². The molecule has 1 aromatic carbocycles. The number of thiazole rings is 1. The highest BCUT2D eigenvalue weighted by Crippen LogP contribution is 2.22. The van der Waals surface area contributed by atoms with Crippen molar-refractivity contribution in [3.05, 3.63) is 40.4 Å². The van der Waals surface area contributed by atoms with Crippen molar-refractivity contribution in [2.45, 2.75) is 11.3 Å². The number of halogens is 1. The van der Waals surface area contributed by atoms with Crippen molar-refractivity contribution < 1.29 is 4.74 Å². The van der Waals surface area contributed by atoms with E-state index in [1.165, 1.54) is 0 Å². The van der Waals surface area contributed by atoms with Crippen LogP contribution >= 0.6 is 34.7 Å². The summed E-state index contributed by atoms with van der Waals surface area (Å²) in [7, 11) is 0. The smallest absolute Gasteiger partial charge is 0.150 e. The molecule has 0 spiro atoms. The van der Waals surface area contributed by atoms with Crippen LogP contribution in [0.3, 0.4) is 0 Å². The summed E-state index contributed by atoms with van der Waals surface area (Å²) in [5.41, 5.74) is 1.08. The normalized spacial score (nSPS) is 10.5. The Bertz CT molecular complexity index is 470. The highest BCUT2D eigenvalue weighted by atomic mass is 35.5. The van der Waals surface area contributed by atoms with Gasteiger partial charge in [-0.2, -0.15) is 0 Å². The number of thioether (sulfide) groups is 1. The van der Waals surface area contributed by atoms with E-state index < -0.39 is 0 Å². The molecule has 1 heterocycles. The van der Waals surface area contributed by atoms with Gasteiger partial charge >= 0.3 is 0 Å². The van der Waals surface area contributed by atoms with E-state index in [-0.39, 0.29) is 0 Å². The Balaban J connectivity index is 1.71. The largest absolute Gasteiger partial charge is 0.493 e. The van der Waals surface area contributed by atoms with Crippen LogP contribution in [0.5, 0.6) is 5.75 Å². The average Bonchev–Trinajstić information content (AvgIpc) is 2.73. The van der Waals surface area contributed by atoms with Crippen LogP contribution in [-0.2, 0) is 0 Å². The maximum atomic E-state index is 5.79. The summed E-state index contributed by atoms with van der Waals surface area (Å²) in [6.45, 7) is 2.68. The van der Waals surface area contributed by atoms with Crippen molar-refractivity contribution in [1.82, 2.24) is 4.98 Å². The molecule has 0 radical (unpaired) electrons. The van der Waals surface area contributed by atoms with Gasteiger partial charge in [0.25, 0.3) is 0 Å². The average molecular weight is 286 g/mol. The molecule has 0 unspecified atom stereocenters. The third-order valence-corrected chi connectivity index (χ3v) is 4.34. The third-order valence-electron chi connectivity index (χ3n) is 1.99. The molecule has 0 amide bonds. The fourth-order valence-electron chi connectivity index (χ4n) is 1.22. The molecule has 0 aliphatic heterocycles. The van der Waals surface area contributed by atoms with Crippen LogP contribution in [0, 0.1) is 6.92 Å². The van der Waals surface area contributed by atoms with Crippen molar-refractivity contribution in [2.75, 3.05) is 12.4 Å². The Hall–Kier alpha value is -0.710. The van der Waals surface area contributed by atoms with Gasteiger partial charge in [-0.3, -0.25) is 0 Å². The highest BCUT2D eigenvalue weighted by molar-refractivity contribution is 8.01. The maximum Gasteiger partial charge on any atom is 0.150 e. The molecule has 90 valence electrons. The molecule has 2 aromatic rings. The molecule has 1 aromatic heterocycles. The number of hydrogen-bond donors (Lipinski definition) is 0. The molecule has 0 saturated heterocycles. The fraction of sp³-hybridized carbons (Fsp3) is 0.250. The summed E-state index contributed by atoms with van der Waals surface area (Å²) in [5.74, 6) is 1.75. The maximum absolute atomic E-state index is 5.79. The number of ether oxygens (including phenoxy) is 1. The summed E-state index contributed by atoms with van der Waals surface area (Å²) < 4.78 is 6.69. The topological polar surface area (TPSA) is 22.1 Å². The number of nitrogens with zero attached hydrogens (tertiary/aromatic N) is 1. The number of hydrogen-bond acceptors (Lipinski definition) is 4. The molecule has 0 saturated carbocycles. The van der Waals surface area contributed by atoms with Gasteiger partial charge in [0.05, 0.1) is 6.61 Å². The van der Waals surface area contributed by atoms with E-state index in [9.17, 15) is 0 Å². The van der Waals surface area contributed by atoms with E-state index in [2.05, 4.69) is 10.4 Å². The lowest BCUT2D eigenvalue weighted by atomic mass is 10.3. The molecule has 0 N–H and O–H groups in total. The predicted molar refractivity (Wildman–Crippen MR) is 74.5 cm³/mol. The minimum Gasteiger partial charge on any atom is -0.493 e. The minimum atomic E-state index is 0.672. The zero-order chi connectivity index (χ0) is 12.1. The zero-order valence-corrected chi connectivity index (χ0v) is 11.7. The van der Waals surface area contributed by atoms with Crippen LogP contribution < -0.4 is 4.74 Å². The van der Waals surface area contributed by atoms with Crippen molar-refractivity contribution in [1.29, 1.82) is 0 Å². The van der Waals surface area contributed by atoms with Crippen LogP contribution in [0.1, 0.15) is 5.69 Å². The van der Waals surface area contributed by atoms with Gasteiger partial charge in [0.15, 0.2) is 0 Å². The zero-order valence-electron chi connectivity index (χ0n) is 9.35. The molecular weight excluding hydrogens is 274 g/mol. The summed E-state index contributed by atoms with van der Waals surface area (Å²) >= 11 is 9.19. The fourth-order valence-corrected chi connectivity index (χ4v) is 3.08. The summed E-state index contributed by atoms with van der Waals surface area (Å²) in [5, 5.41) is 2.78. The molecule has 0 fully saturated rings. The molecule has 0 aliphatic carbocycles. The quantitative estimate of drug-likeness (QED) is 0.605. The molecule has 2 rings (SSSR count). The molecule has 0 aliphatic rings. The van der Waals surface area contributed by atoms with Crippen molar-refractivity contribution in [3.63, 3.8) is 0 Å². The van der Waals surface area contributed by atoms with Crippen molar-refractivity contribution in [3.8, 4) is 5.75 Å². The molecule has 0 atom stereocenters. The minimum absolute atomic E-state index is 0.672. The van der Waals surface area contributed by atoms with Gasteiger partial charge in [0.2, 0.25) is 0 Å². The van der Waals surface area contributed by atoms with Crippen LogP contribution in [0.4, 0.5) is 0 Å². The second-order valence-corrected chi connectivity index (χ2v) is 6.04. The van der Waals surface area contributed by atoms with Gasteiger partial charge < -0.3 is 4.74 Å². The van der Waals surface area contributed by atoms with Crippen molar-refractivity contribution in [2.24, 2.45) is 0 Å². The lowest BCUT2D eigenvalue weighted by Crippen LogP contribution is -1.99. The Morgan fingerprint density at radius 1 is 1.35 bits per heavy atom. The second-order valence-electron chi connectivity index (χ2n) is 3.41. The number of benzene rings is 1. The number of rotatable bonds is 5. The number of aryl methyl sites for hydroxylation is 1. The first-order valence-electron chi connectivity index (χ1n) is 5.17. The molecule has 5 heteroatoms. The van der Waals surface area contributed by atoms with Crippen LogP contribution in [-0.4, -0.2) is 17.3 Å². The van der Waals surface area contributed by atoms with Gasteiger partial charge in [-0.25, -0.2) is 4.98 Å². The van der Waals surface area contributed by atoms with Gasteiger partial charge in [-0.15, -0.1) is 11.3 Å². The predicted octanol–water partition coefficient (Wildman–Crippen LogP) is 4.28. The van der Waals surface area contributed by atoms with E-state index in [4.69, 9.17) is 16.3 Å². The first kappa shape index (κ1) is 12.7. The monoisotopic (exact) mass is 285 g/mol. The van der Waals surface area contributed by atoms with Gasteiger partial charge in [-0.1, -0.05) is 23.4 Å². The molecule has 17 heavy (non-hydrogen) atoms. The van der Waals surface area contributed by atoms with E-state index in [0.29, 0.717) is 6.61 Å². The summed E-state index contributed by atoms with van der Waals surface area (Å²) in [6, 6.07) is 7.41. The van der Waals surface area contributed by atoms with Gasteiger partial charge in [0.1, 0.15) is 10.1 Å². The number of aromatic nitrogens is 1. The molecule has 0 bridgehead atoms. The van der Waals surface area contributed by atoms with Crippen LogP contribution in [0.15, 0.2) is 34.0 Å². The lowest BCUT2D eigenvalue weighted by molar-refractivity contribution is 0.344. The van der Waals surface area contributed by atoms with E-state index in [1.807, 2.05) is 31.2 Å². The van der Waals surface area contributed by atoms with E-state index >= 15 is 0 Å². The standard InChI is InChI=1S/C12H12ClNOS2/c1-9-8-17-12(14-9)16-7-6-15-11-4-2-10(13)3-5-11/h2-5,8H,6-7H2,1H3. The first-order chi connectivity index (χ1) is 8.24. The van der Waals surface area contributed by atoms with Gasteiger partial charge in [0, 0.05) is 21.8 Å². The lowest BCUT2D eigenvalue weighted by Gasteiger charge is -2.04. The first-order valence-corrected chi connectivity index (χ1v) is 7.41. The third kappa shape index (κ3) is 4.22. The SMILES string of the molecule is Cc1csc(SCCOc2ccc(Cl)cc2)n1. The highest BCUT2D eigenvalue weighted by Gasteiger charge is 1.99. The Kier molecular flexibility index (Phi) is 4.71. The Morgan fingerprint density at radius 3 is 2.76 bits per heavy atom. The molecule has 2 nitrogen and oxygen atoms in total. The Morgan fingerprint density at radius 2 is 2.12 bits per heavy atom. The summed E-state index contributed by atoms with van der Waals surface area (Å²) in [6.07, 6.45) is 0. The molecular formula is C12H12ClNOS2. The summed E-state index contributed by atoms with van der Waals surface area (Å²) in [4.78, 5) is 4.38.